The summed E-state index contributed by atoms with van der Waals surface area (Å²) in [6, 6.07) is 7.95. The molecule has 1 aliphatic heterocycles. The fraction of sp³-hybridized carbons (Fsp3) is 0.556. The SMILES string of the molecule is CCNC(=NCCC(=O)N(C)C)N1CCN(c2ccccc2Cl)CC1. The minimum atomic E-state index is 0.100. The molecule has 1 fully saturated rings. The molecule has 25 heavy (non-hydrogen) atoms. The van der Waals surface area contributed by atoms with Gasteiger partial charge in [0.25, 0.3) is 0 Å². The summed E-state index contributed by atoms with van der Waals surface area (Å²) >= 11 is 6.30. The molecule has 7 heteroatoms. The topological polar surface area (TPSA) is 51.2 Å². The number of nitrogens with zero attached hydrogens (tertiary/aromatic N) is 4. The van der Waals surface area contributed by atoms with Crippen LogP contribution in [0.2, 0.25) is 5.02 Å². The second kappa shape index (κ2) is 9.51. The van der Waals surface area contributed by atoms with Crippen LogP contribution in [0.15, 0.2) is 29.3 Å². The molecule has 0 aliphatic carbocycles. The standard InChI is InChI=1S/C18H28ClN5O/c1-4-20-18(21-10-9-17(25)22(2)3)24-13-11-23(12-14-24)16-8-6-5-7-15(16)19/h5-8H,4,9-14H2,1-3H3,(H,20,21). The number of amides is 1. The Morgan fingerprint density at radius 3 is 2.52 bits per heavy atom. The van der Waals surface area contributed by atoms with E-state index in [1.165, 1.54) is 0 Å². The second-order valence-electron chi connectivity index (χ2n) is 6.20. The van der Waals surface area contributed by atoms with E-state index in [1.54, 1.807) is 19.0 Å². The van der Waals surface area contributed by atoms with Gasteiger partial charge in [0.2, 0.25) is 5.91 Å². The van der Waals surface area contributed by atoms with E-state index in [4.69, 9.17) is 11.6 Å². The first kappa shape index (κ1) is 19.4. The first-order valence-corrected chi connectivity index (χ1v) is 9.13. The highest BCUT2D eigenvalue weighted by Crippen LogP contribution is 2.25. The van der Waals surface area contributed by atoms with Crippen molar-refractivity contribution >= 4 is 29.2 Å². The summed E-state index contributed by atoms with van der Waals surface area (Å²) < 4.78 is 0. The molecule has 1 saturated heterocycles. The van der Waals surface area contributed by atoms with Crippen LogP contribution in [0.1, 0.15) is 13.3 Å². The average molecular weight is 366 g/mol. The highest BCUT2D eigenvalue weighted by molar-refractivity contribution is 6.33. The number of carbonyl (C=O) groups excluding carboxylic acids is 1. The van der Waals surface area contributed by atoms with Gasteiger partial charge in [-0.05, 0) is 19.1 Å². The van der Waals surface area contributed by atoms with Gasteiger partial charge in [0.1, 0.15) is 0 Å². The van der Waals surface area contributed by atoms with E-state index < -0.39 is 0 Å². The molecule has 0 saturated carbocycles. The van der Waals surface area contributed by atoms with Gasteiger partial charge in [-0.15, -0.1) is 0 Å². The number of rotatable bonds is 5. The number of para-hydroxylation sites is 1. The summed E-state index contributed by atoms with van der Waals surface area (Å²) in [5.41, 5.74) is 1.09. The Bertz CT molecular complexity index is 597. The molecule has 0 atom stereocenters. The van der Waals surface area contributed by atoms with Crippen molar-refractivity contribution in [3.05, 3.63) is 29.3 Å². The highest BCUT2D eigenvalue weighted by atomic mass is 35.5. The van der Waals surface area contributed by atoms with E-state index in [-0.39, 0.29) is 5.91 Å². The number of benzene rings is 1. The van der Waals surface area contributed by atoms with E-state index >= 15 is 0 Å². The van der Waals surface area contributed by atoms with Crippen LogP contribution >= 0.6 is 11.6 Å². The maximum atomic E-state index is 11.7. The van der Waals surface area contributed by atoms with Crippen LogP contribution in [0.25, 0.3) is 0 Å². The van der Waals surface area contributed by atoms with Crippen LogP contribution in [0.4, 0.5) is 5.69 Å². The molecule has 6 nitrogen and oxygen atoms in total. The van der Waals surface area contributed by atoms with Crippen molar-refractivity contribution in [3.63, 3.8) is 0 Å². The van der Waals surface area contributed by atoms with Gasteiger partial charge in [-0.25, -0.2) is 0 Å². The predicted molar refractivity (Wildman–Crippen MR) is 105 cm³/mol. The first-order chi connectivity index (χ1) is 12.0. The van der Waals surface area contributed by atoms with Crippen molar-refractivity contribution in [1.82, 2.24) is 15.1 Å². The van der Waals surface area contributed by atoms with Gasteiger partial charge in [-0.2, -0.15) is 0 Å². The lowest BCUT2D eigenvalue weighted by Crippen LogP contribution is -2.52. The Kier molecular flexibility index (Phi) is 7.37. The number of nitrogens with one attached hydrogen (secondary N) is 1. The number of halogens is 1. The molecule has 138 valence electrons. The molecule has 0 bridgehead atoms. The van der Waals surface area contributed by atoms with Crippen LogP contribution in [0.3, 0.4) is 0 Å². The smallest absolute Gasteiger partial charge is 0.223 e. The lowest BCUT2D eigenvalue weighted by atomic mass is 10.2. The molecule has 1 aromatic rings. The third-order valence-electron chi connectivity index (χ3n) is 4.19. The Labute approximate surface area is 155 Å². The average Bonchev–Trinajstić information content (AvgIpc) is 2.61. The van der Waals surface area contributed by atoms with Gasteiger partial charge in [0, 0.05) is 53.2 Å². The molecule has 0 spiro atoms. The molecule has 1 heterocycles. The predicted octanol–water partition coefficient (Wildman–Crippen LogP) is 1.91. The molecular weight excluding hydrogens is 338 g/mol. The van der Waals surface area contributed by atoms with Crippen LogP contribution in [-0.2, 0) is 4.79 Å². The third kappa shape index (κ3) is 5.53. The summed E-state index contributed by atoms with van der Waals surface area (Å²) in [5.74, 6) is 0.982. The summed E-state index contributed by atoms with van der Waals surface area (Å²) in [6.45, 7) is 6.91. The summed E-state index contributed by atoms with van der Waals surface area (Å²) in [6.07, 6.45) is 0.432. The summed E-state index contributed by atoms with van der Waals surface area (Å²) in [4.78, 5) is 22.5. The van der Waals surface area contributed by atoms with Crippen LogP contribution in [-0.4, -0.2) is 75.0 Å². The zero-order valence-electron chi connectivity index (χ0n) is 15.3. The lowest BCUT2D eigenvalue weighted by molar-refractivity contribution is -0.128. The van der Waals surface area contributed by atoms with Gasteiger partial charge < -0.3 is 20.0 Å². The number of aliphatic imine (C=N–C) groups is 1. The quantitative estimate of drug-likeness (QED) is 0.639. The zero-order chi connectivity index (χ0) is 18.2. The lowest BCUT2D eigenvalue weighted by Gasteiger charge is -2.38. The van der Waals surface area contributed by atoms with Crippen molar-refractivity contribution in [3.8, 4) is 0 Å². The molecule has 0 radical (unpaired) electrons. The van der Waals surface area contributed by atoms with Gasteiger partial charge >= 0.3 is 0 Å². The number of hydrogen-bond donors (Lipinski definition) is 1. The summed E-state index contributed by atoms with van der Waals surface area (Å²) in [7, 11) is 3.54. The summed E-state index contributed by atoms with van der Waals surface area (Å²) in [5, 5.41) is 4.12. The Balaban J connectivity index is 1.93. The maximum Gasteiger partial charge on any atom is 0.223 e. The second-order valence-corrected chi connectivity index (χ2v) is 6.61. The fourth-order valence-electron chi connectivity index (χ4n) is 2.77. The van der Waals surface area contributed by atoms with E-state index in [1.807, 2.05) is 18.2 Å². The third-order valence-corrected chi connectivity index (χ3v) is 4.51. The number of carbonyl (C=O) groups is 1. The highest BCUT2D eigenvalue weighted by Gasteiger charge is 2.21. The maximum absolute atomic E-state index is 11.7. The minimum Gasteiger partial charge on any atom is -0.367 e. The van der Waals surface area contributed by atoms with E-state index in [0.29, 0.717) is 13.0 Å². The minimum absolute atomic E-state index is 0.100. The zero-order valence-corrected chi connectivity index (χ0v) is 16.1. The van der Waals surface area contributed by atoms with Crippen LogP contribution in [0.5, 0.6) is 0 Å². The molecule has 2 rings (SSSR count). The van der Waals surface area contributed by atoms with Crippen molar-refractivity contribution in [1.29, 1.82) is 0 Å². The van der Waals surface area contributed by atoms with Crippen molar-refractivity contribution < 1.29 is 4.79 Å². The number of hydrogen-bond acceptors (Lipinski definition) is 3. The van der Waals surface area contributed by atoms with E-state index in [0.717, 1.165) is 49.4 Å². The fourth-order valence-corrected chi connectivity index (χ4v) is 3.03. The number of guanidine groups is 1. The first-order valence-electron chi connectivity index (χ1n) is 8.75. The normalized spacial score (nSPS) is 15.3. The molecule has 1 N–H and O–H groups in total. The van der Waals surface area contributed by atoms with E-state index in [9.17, 15) is 4.79 Å². The van der Waals surface area contributed by atoms with Gasteiger partial charge in [0.15, 0.2) is 5.96 Å². The molecule has 1 amide bonds. The molecule has 1 aliphatic rings. The van der Waals surface area contributed by atoms with Crippen LogP contribution < -0.4 is 10.2 Å². The molecule has 0 unspecified atom stereocenters. The molecule has 1 aromatic carbocycles. The van der Waals surface area contributed by atoms with Gasteiger partial charge in [-0.1, -0.05) is 23.7 Å². The molecular formula is C18H28ClN5O. The van der Waals surface area contributed by atoms with Crippen molar-refractivity contribution in [2.75, 3.05) is 58.3 Å². The van der Waals surface area contributed by atoms with Crippen molar-refractivity contribution in [2.24, 2.45) is 4.99 Å². The number of anilines is 1. The van der Waals surface area contributed by atoms with E-state index in [2.05, 4.69) is 33.1 Å². The number of piperazine rings is 1. The molecule has 0 aromatic heterocycles. The Morgan fingerprint density at radius 2 is 1.92 bits per heavy atom. The van der Waals surface area contributed by atoms with Crippen LogP contribution in [0, 0.1) is 0 Å². The Hall–Kier alpha value is -1.95. The van der Waals surface area contributed by atoms with Gasteiger partial charge in [-0.3, -0.25) is 9.79 Å². The van der Waals surface area contributed by atoms with Crippen molar-refractivity contribution in [2.45, 2.75) is 13.3 Å². The van der Waals surface area contributed by atoms with Gasteiger partial charge in [0.05, 0.1) is 17.3 Å². The Morgan fingerprint density at radius 1 is 1.24 bits per heavy atom. The largest absolute Gasteiger partial charge is 0.367 e. The monoisotopic (exact) mass is 365 g/mol.